The Bertz CT molecular complexity index is 643. The van der Waals surface area contributed by atoms with Crippen molar-refractivity contribution >= 4 is 5.82 Å². The van der Waals surface area contributed by atoms with Gasteiger partial charge in [-0.1, -0.05) is 0 Å². The normalized spacial score (nSPS) is 11.8. The minimum absolute atomic E-state index is 0.0360. The molecule has 0 atom stereocenters. The van der Waals surface area contributed by atoms with Gasteiger partial charge in [0.25, 0.3) is 0 Å². The third-order valence-corrected chi connectivity index (χ3v) is 3.22. The third-order valence-electron chi connectivity index (χ3n) is 3.22. The Morgan fingerprint density at radius 2 is 1.65 bits per heavy atom. The van der Waals surface area contributed by atoms with Crippen molar-refractivity contribution in [2.75, 3.05) is 39.1 Å². The van der Waals surface area contributed by atoms with E-state index in [1.165, 1.54) is 12.4 Å². The van der Waals surface area contributed by atoms with Crippen LogP contribution in [0.15, 0.2) is 30.6 Å². The number of anilines is 1. The lowest BCUT2D eigenvalue weighted by atomic mass is 10.2. The second-order valence-corrected chi connectivity index (χ2v) is 5.39. The molecule has 0 aromatic carbocycles. The molecular formula is C15H18F3N5. The fourth-order valence-electron chi connectivity index (χ4n) is 1.87. The van der Waals surface area contributed by atoms with Crippen molar-refractivity contribution in [3.63, 3.8) is 0 Å². The number of nitrogens with zero attached hydrogens (tertiary/aromatic N) is 5. The van der Waals surface area contributed by atoms with Crippen molar-refractivity contribution in [2.24, 2.45) is 0 Å². The Kier molecular flexibility index (Phi) is 5.15. The van der Waals surface area contributed by atoms with E-state index in [2.05, 4.69) is 15.0 Å². The molecule has 23 heavy (non-hydrogen) atoms. The highest BCUT2D eigenvalue weighted by molar-refractivity contribution is 5.57. The van der Waals surface area contributed by atoms with Crippen LogP contribution in [0.2, 0.25) is 0 Å². The second-order valence-electron chi connectivity index (χ2n) is 5.39. The second kappa shape index (κ2) is 6.91. The Morgan fingerprint density at radius 3 is 2.22 bits per heavy atom. The van der Waals surface area contributed by atoms with Crippen molar-refractivity contribution in [3.8, 4) is 11.4 Å². The van der Waals surface area contributed by atoms with Gasteiger partial charge in [0.05, 0.1) is 0 Å². The molecule has 2 rings (SSSR count). The lowest BCUT2D eigenvalue weighted by Crippen LogP contribution is -2.29. The lowest BCUT2D eigenvalue weighted by molar-refractivity contribution is -0.141. The molecule has 8 heteroatoms. The van der Waals surface area contributed by atoms with Gasteiger partial charge in [-0.25, -0.2) is 9.97 Å². The summed E-state index contributed by atoms with van der Waals surface area (Å²) in [6.45, 7) is 1.25. The zero-order valence-corrected chi connectivity index (χ0v) is 13.2. The van der Waals surface area contributed by atoms with E-state index in [4.69, 9.17) is 0 Å². The monoisotopic (exact) mass is 325 g/mol. The maximum absolute atomic E-state index is 13.1. The highest BCUT2D eigenvalue weighted by Gasteiger charge is 2.34. The number of hydrogen-bond donors (Lipinski definition) is 0. The van der Waals surface area contributed by atoms with Crippen LogP contribution in [0, 0.1) is 0 Å². The fraction of sp³-hybridized carbons (Fsp3) is 0.400. The number of aromatic nitrogens is 3. The Balaban J connectivity index is 2.42. The van der Waals surface area contributed by atoms with Crippen molar-refractivity contribution in [3.05, 3.63) is 36.3 Å². The first-order valence-electron chi connectivity index (χ1n) is 7.00. The fourth-order valence-corrected chi connectivity index (χ4v) is 1.87. The summed E-state index contributed by atoms with van der Waals surface area (Å²) in [4.78, 5) is 15.4. The molecule has 2 heterocycles. The van der Waals surface area contributed by atoms with E-state index < -0.39 is 11.9 Å². The Labute approximate surface area is 132 Å². The molecule has 0 saturated carbocycles. The molecule has 0 aliphatic carbocycles. The van der Waals surface area contributed by atoms with Crippen LogP contribution in [-0.2, 0) is 6.18 Å². The molecular weight excluding hydrogens is 307 g/mol. The van der Waals surface area contributed by atoms with Crippen molar-refractivity contribution in [1.29, 1.82) is 0 Å². The first kappa shape index (κ1) is 17.1. The topological polar surface area (TPSA) is 45.2 Å². The molecule has 0 aliphatic rings. The van der Waals surface area contributed by atoms with Gasteiger partial charge in [0.1, 0.15) is 5.82 Å². The van der Waals surface area contributed by atoms with Gasteiger partial charge < -0.3 is 9.80 Å². The van der Waals surface area contributed by atoms with E-state index in [-0.39, 0.29) is 11.6 Å². The zero-order chi connectivity index (χ0) is 17.0. The highest BCUT2D eigenvalue weighted by Crippen LogP contribution is 2.31. The number of halogens is 3. The van der Waals surface area contributed by atoms with Gasteiger partial charge in [-0.05, 0) is 26.2 Å². The molecule has 124 valence electrons. The first-order chi connectivity index (χ1) is 10.8. The number of likely N-dealkylation sites (N-methyl/N-ethyl adjacent to an activating group) is 2. The number of alkyl halides is 3. The van der Waals surface area contributed by atoms with Gasteiger partial charge in [-0.3, -0.25) is 4.98 Å². The van der Waals surface area contributed by atoms with E-state index in [9.17, 15) is 13.2 Å². The average molecular weight is 325 g/mol. The summed E-state index contributed by atoms with van der Waals surface area (Å²) < 4.78 is 39.3. The van der Waals surface area contributed by atoms with Crippen LogP contribution in [0.25, 0.3) is 11.4 Å². The largest absolute Gasteiger partial charge is 0.433 e. The Hall–Kier alpha value is -2.22. The van der Waals surface area contributed by atoms with Crippen molar-refractivity contribution in [1.82, 2.24) is 19.9 Å². The molecule has 2 aromatic heterocycles. The highest BCUT2D eigenvalue weighted by atomic mass is 19.4. The minimum Gasteiger partial charge on any atom is -0.358 e. The van der Waals surface area contributed by atoms with Gasteiger partial charge in [0.2, 0.25) is 0 Å². The minimum atomic E-state index is -4.53. The summed E-state index contributed by atoms with van der Waals surface area (Å²) in [5, 5.41) is 0. The van der Waals surface area contributed by atoms with Crippen LogP contribution in [0.5, 0.6) is 0 Å². The SMILES string of the molecule is CN(C)CCN(C)c1cc(C(F)(F)F)nc(-c2ccncc2)n1. The van der Waals surface area contributed by atoms with Gasteiger partial charge >= 0.3 is 6.18 Å². The summed E-state index contributed by atoms with van der Waals surface area (Å²) in [5.41, 5.74) is -0.459. The summed E-state index contributed by atoms with van der Waals surface area (Å²) in [6, 6.07) is 4.14. The number of hydrogen-bond acceptors (Lipinski definition) is 5. The Morgan fingerprint density at radius 1 is 1.00 bits per heavy atom. The van der Waals surface area contributed by atoms with Gasteiger partial charge in [0.15, 0.2) is 11.5 Å². The number of pyridine rings is 1. The van der Waals surface area contributed by atoms with Gasteiger partial charge in [-0.15, -0.1) is 0 Å². The molecule has 0 amide bonds. The van der Waals surface area contributed by atoms with Crippen molar-refractivity contribution < 1.29 is 13.2 Å². The molecule has 0 radical (unpaired) electrons. The van der Waals surface area contributed by atoms with Crippen LogP contribution >= 0.6 is 0 Å². The van der Waals surface area contributed by atoms with E-state index >= 15 is 0 Å². The molecule has 0 N–H and O–H groups in total. The smallest absolute Gasteiger partial charge is 0.358 e. The zero-order valence-electron chi connectivity index (χ0n) is 13.2. The molecule has 0 unspecified atom stereocenters. The van der Waals surface area contributed by atoms with Crippen LogP contribution in [0.3, 0.4) is 0 Å². The van der Waals surface area contributed by atoms with E-state index in [0.717, 1.165) is 6.07 Å². The quantitative estimate of drug-likeness (QED) is 0.845. The molecule has 0 saturated heterocycles. The van der Waals surface area contributed by atoms with Gasteiger partial charge in [0, 0.05) is 44.2 Å². The molecule has 2 aromatic rings. The van der Waals surface area contributed by atoms with Crippen LogP contribution in [0.1, 0.15) is 5.69 Å². The summed E-state index contributed by atoms with van der Waals surface area (Å²) in [5.74, 6) is 0.273. The number of rotatable bonds is 5. The van der Waals surface area contributed by atoms with Crippen molar-refractivity contribution in [2.45, 2.75) is 6.18 Å². The molecule has 5 nitrogen and oxygen atoms in total. The standard InChI is InChI=1S/C15H18F3N5/c1-22(2)8-9-23(3)13-10-12(15(16,17)18)20-14(21-13)11-4-6-19-7-5-11/h4-7,10H,8-9H2,1-3H3. The molecule has 0 spiro atoms. The maximum Gasteiger partial charge on any atom is 0.433 e. The van der Waals surface area contributed by atoms with E-state index in [0.29, 0.717) is 18.7 Å². The van der Waals surface area contributed by atoms with Crippen LogP contribution in [0.4, 0.5) is 19.0 Å². The maximum atomic E-state index is 13.1. The summed E-state index contributed by atoms with van der Waals surface area (Å²) in [6.07, 6.45) is -1.54. The first-order valence-corrected chi connectivity index (χ1v) is 7.00. The predicted octanol–water partition coefficient (Wildman–Crippen LogP) is 2.56. The average Bonchev–Trinajstić information content (AvgIpc) is 2.52. The van der Waals surface area contributed by atoms with E-state index in [1.54, 1.807) is 24.1 Å². The molecule has 0 fully saturated rings. The molecule has 0 aliphatic heterocycles. The van der Waals surface area contributed by atoms with E-state index in [1.807, 2.05) is 19.0 Å². The predicted molar refractivity (Wildman–Crippen MR) is 82.1 cm³/mol. The summed E-state index contributed by atoms with van der Waals surface area (Å²) in [7, 11) is 5.51. The van der Waals surface area contributed by atoms with Crippen LogP contribution in [-0.4, -0.2) is 54.1 Å². The third kappa shape index (κ3) is 4.62. The molecule has 0 bridgehead atoms. The van der Waals surface area contributed by atoms with Gasteiger partial charge in [-0.2, -0.15) is 13.2 Å². The van der Waals surface area contributed by atoms with Crippen LogP contribution < -0.4 is 4.90 Å². The lowest BCUT2D eigenvalue weighted by Gasteiger charge is -2.22. The summed E-state index contributed by atoms with van der Waals surface area (Å²) >= 11 is 0.